The molecule has 0 bridgehead atoms. The van der Waals surface area contributed by atoms with E-state index < -0.39 is 0 Å². The van der Waals surface area contributed by atoms with Gasteiger partial charge < -0.3 is 10.6 Å². The second-order valence-electron chi connectivity index (χ2n) is 5.82. The van der Waals surface area contributed by atoms with E-state index in [2.05, 4.69) is 31.4 Å². The van der Waals surface area contributed by atoms with E-state index in [1.807, 2.05) is 0 Å². The Morgan fingerprint density at radius 3 is 1.83 bits per heavy atom. The molecule has 0 rings (SSSR count). The molecular formula is C16H36N2. The Hall–Kier alpha value is -0.0800. The van der Waals surface area contributed by atoms with Crippen molar-refractivity contribution in [3.8, 4) is 0 Å². The molecular weight excluding hydrogens is 220 g/mol. The molecule has 110 valence electrons. The number of rotatable bonds is 14. The summed E-state index contributed by atoms with van der Waals surface area (Å²) in [6, 6.07) is 0. The maximum Gasteiger partial charge on any atom is 0.00768 e. The van der Waals surface area contributed by atoms with Gasteiger partial charge in [0.1, 0.15) is 0 Å². The summed E-state index contributed by atoms with van der Waals surface area (Å²) in [5.41, 5.74) is 0. The van der Waals surface area contributed by atoms with Crippen molar-refractivity contribution < 1.29 is 0 Å². The van der Waals surface area contributed by atoms with E-state index in [9.17, 15) is 0 Å². The quantitative estimate of drug-likeness (QED) is 0.460. The molecule has 2 N–H and O–H groups in total. The van der Waals surface area contributed by atoms with Gasteiger partial charge in [0.25, 0.3) is 0 Å². The number of hydrogen-bond acceptors (Lipinski definition) is 2. The van der Waals surface area contributed by atoms with E-state index in [-0.39, 0.29) is 0 Å². The summed E-state index contributed by atoms with van der Waals surface area (Å²) in [5.74, 6) is 0.762. The molecule has 0 aromatic rings. The first kappa shape index (κ1) is 17.9. The molecule has 0 saturated carbocycles. The van der Waals surface area contributed by atoms with Crippen LogP contribution < -0.4 is 10.6 Å². The molecule has 0 atom stereocenters. The minimum atomic E-state index is 0.762. The zero-order chi connectivity index (χ0) is 13.5. The van der Waals surface area contributed by atoms with Gasteiger partial charge in [-0.1, -0.05) is 65.7 Å². The van der Waals surface area contributed by atoms with Crippen molar-refractivity contribution in [2.45, 2.75) is 72.1 Å². The summed E-state index contributed by atoms with van der Waals surface area (Å²) in [4.78, 5) is 0. The van der Waals surface area contributed by atoms with Gasteiger partial charge in [0.2, 0.25) is 0 Å². The molecule has 2 nitrogen and oxygen atoms in total. The Labute approximate surface area is 115 Å². The van der Waals surface area contributed by atoms with Crippen molar-refractivity contribution in [2.75, 3.05) is 26.2 Å². The minimum Gasteiger partial charge on any atom is -0.315 e. The van der Waals surface area contributed by atoms with Gasteiger partial charge >= 0.3 is 0 Å². The smallest absolute Gasteiger partial charge is 0.00768 e. The van der Waals surface area contributed by atoms with E-state index in [0.717, 1.165) is 25.6 Å². The van der Waals surface area contributed by atoms with Crippen LogP contribution in [0.2, 0.25) is 0 Å². The van der Waals surface area contributed by atoms with Gasteiger partial charge in [-0.3, -0.25) is 0 Å². The highest BCUT2D eigenvalue weighted by Crippen LogP contribution is 2.07. The molecule has 0 fully saturated rings. The van der Waals surface area contributed by atoms with E-state index in [0.29, 0.717) is 0 Å². The highest BCUT2D eigenvalue weighted by molar-refractivity contribution is 4.55. The molecule has 0 radical (unpaired) electrons. The second-order valence-corrected chi connectivity index (χ2v) is 5.82. The number of hydrogen-bond donors (Lipinski definition) is 2. The number of unbranched alkanes of at least 4 members (excludes halogenated alkanes) is 7. The van der Waals surface area contributed by atoms with Crippen molar-refractivity contribution in [2.24, 2.45) is 5.92 Å². The fraction of sp³-hybridized carbons (Fsp3) is 1.00. The van der Waals surface area contributed by atoms with Crippen LogP contribution in [0.4, 0.5) is 0 Å². The molecule has 0 spiro atoms. The first-order valence-corrected chi connectivity index (χ1v) is 8.18. The van der Waals surface area contributed by atoms with Crippen molar-refractivity contribution >= 4 is 0 Å². The Kier molecular flexibility index (Phi) is 14.9. The Morgan fingerprint density at radius 2 is 1.22 bits per heavy atom. The molecule has 0 aliphatic carbocycles. The van der Waals surface area contributed by atoms with Crippen molar-refractivity contribution in [1.29, 1.82) is 0 Å². The summed E-state index contributed by atoms with van der Waals surface area (Å²) in [6.45, 7) is 11.3. The first-order chi connectivity index (χ1) is 8.77. The lowest BCUT2D eigenvalue weighted by Crippen LogP contribution is -2.30. The third kappa shape index (κ3) is 15.9. The van der Waals surface area contributed by atoms with Gasteiger partial charge in [0.15, 0.2) is 0 Å². The van der Waals surface area contributed by atoms with Crippen LogP contribution in [0.1, 0.15) is 72.1 Å². The summed E-state index contributed by atoms with van der Waals surface area (Å²) in [7, 11) is 0. The zero-order valence-electron chi connectivity index (χ0n) is 13.1. The van der Waals surface area contributed by atoms with E-state index in [4.69, 9.17) is 0 Å². The van der Waals surface area contributed by atoms with Gasteiger partial charge in [-0.25, -0.2) is 0 Å². The van der Waals surface area contributed by atoms with Crippen molar-refractivity contribution in [1.82, 2.24) is 10.6 Å². The minimum absolute atomic E-state index is 0.762. The Morgan fingerprint density at radius 1 is 0.667 bits per heavy atom. The lowest BCUT2D eigenvalue weighted by Gasteiger charge is -2.08. The summed E-state index contributed by atoms with van der Waals surface area (Å²) >= 11 is 0. The van der Waals surface area contributed by atoms with Crippen LogP contribution in [0.15, 0.2) is 0 Å². The second kappa shape index (κ2) is 15.0. The summed E-state index contributed by atoms with van der Waals surface area (Å²) in [5, 5.41) is 6.96. The molecule has 0 aliphatic rings. The average Bonchev–Trinajstić information content (AvgIpc) is 2.34. The fourth-order valence-electron chi connectivity index (χ4n) is 2.08. The van der Waals surface area contributed by atoms with Crippen LogP contribution in [0.3, 0.4) is 0 Å². The maximum absolute atomic E-state index is 3.51. The van der Waals surface area contributed by atoms with Gasteiger partial charge in [0.05, 0.1) is 0 Å². The van der Waals surface area contributed by atoms with Crippen LogP contribution in [0.5, 0.6) is 0 Å². The van der Waals surface area contributed by atoms with Crippen molar-refractivity contribution in [3.05, 3.63) is 0 Å². The predicted octanol–water partition coefficient (Wildman–Crippen LogP) is 3.96. The SMILES string of the molecule is CCCCCCCCCCNCCNCC(C)C. The van der Waals surface area contributed by atoms with Crippen LogP contribution >= 0.6 is 0 Å². The zero-order valence-corrected chi connectivity index (χ0v) is 13.1. The van der Waals surface area contributed by atoms with Gasteiger partial charge in [-0.2, -0.15) is 0 Å². The molecule has 0 amide bonds. The maximum atomic E-state index is 3.51. The summed E-state index contributed by atoms with van der Waals surface area (Å²) < 4.78 is 0. The molecule has 18 heavy (non-hydrogen) atoms. The fourth-order valence-corrected chi connectivity index (χ4v) is 2.08. The standard InChI is InChI=1S/C16H36N2/c1-4-5-6-7-8-9-10-11-12-17-13-14-18-15-16(2)3/h16-18H,4-15H2,1-3H3. The molecule has 0 unspecified atom stereocenters. The van der Waals surface area contributed by atoms with E-state index >= 15 is 0 Å². The number of nitrogens with one attached hydrogen (secondary N) is 2. The average molecular weight is 256 g/mol. The van der Waals surface area contributed by atoms with Crippen LogP contribution in [-0.4, -0.2) is 26.2 Å². The normalized spacial score (nSPS) is 11.3. The molecule has 0 aromatic heterocycles. The molecule has 0 aromatic carbocycles. The third-order valence-corrected chi connectivity index (χ3v) is 3.24. The van der Waals surface area contributed by atoms with Gasteiger partial charge in [-0.15, -0.1) is 0 Å². The Balaban J connectivity index is 2.90. The van der Waals surface area contributed by atoms with Gasteiger partial charge in [-0.05, 0) is 25.4 Å². The Bertz CT molecular complexity index is 146. The molecule has 0 heterocycles. The molecule has 0 saturated heterocycles. The molecule has 0 aliphatic heterocycles. The van der Waals surface area contributed by atoms with Crippen molar-refractivity contribution in [3.63, 3.8) is 0 Å². The predicted molar refractivity (Wildman–Crippen MR) is 83.2 cm³/mol. The largest absolute Gasteiger partial charge is 0.315 e. The van der Waals surface area contributed by atoms with Crippen LogP contribution in [-0.2, 0) is 0 Å². The summed E-state index contributed by atoms with van der Waals surface area (Å²) in [6.07, 6.45) is 11.3. The van der Waals surface area contributed by atoms with E-state index in [1.165, 1.54) is 57.9 Å². The van der Waals surface area contributed by atoms with Crippen LogP contribution in [0.25, 0.3) is 0 Å². The highest BCUT2D eigenvalue weighted by Gasteiger charge is 1.93. The first-order valence-electron chi connectivity index (χ1n) is 8.18. The monoisotopic (exact) mass is 256 g/mol. The van der Waals surface area contributed by atoms with Gasteiger partial charge in [0, 0.05) is 13.1 Å². The lowest BCUT2D eigenvalue weighted by atomic mass is 10.1. The molecule has 2 heteroatoms. The third-order valence-electron chi connectivity index (χ3n) is 3.24. The van der Waals surface area contributed by atoms with E-state index in [1.54, 1.807) is 0 Å². The lowest BCUT2D eigenvalue weighted by molar-refractivity contribution is 0.521. The highest BCUT2D eigenvalue weighted by atomic mass is 14.9. The topological polar surface area (TPSA) is 24.1 Å². The van der Waals surface area contributed by atoms with Crippen LogP contribution in [0, 0.1) is 5.92 Å².